The first-order valence-corrected chi connectivity index (χ1v) is 9.67. The lowest BCUT2D eigenvalue weighted by molar-refractivity contribution is -0.131. The molecule has 2 aromatic rings. The van der Waals surface area contributed by atoms with Gasteiger partial charge >= 0.3 is 6.03 Å². The number of urea groups is 1. The molecule has 0 saturated carbocycles. The third-order valence-electron chi connectivity index (χ3n) is 5.14. The first-order valence-electron chi connectivity index (χ1n) is 9.29. The molecule has 2 heterocycles. The number of carbonyl (C=O) groups is 2. The van der Waals surface area contributed by atoms with Crippen LogP contribution in [0.4, 0.5) is 4.79 Å². The van der Waals surface area contributed by atoms with E-state index in [4.69, 9.17) is 25.8 Å². The molecule has 2 aromatic carbocycles. The van der Waals surface area contributed by atoms with Crippen LogP contribution in [0, 0.1) is 0 Å². The van der Waals surface area contributed by atoms with Crippen LogP contribution in [-0.2, 0) is 16.9 Å². The van der Waals surface area contributed by atoms with E-state index in [1.165, 1.54) is 4.90 Å². The van der Waals surface area contributed by atoms with Crippen molar-refractivity contribution in [2.75, 3.05) is 20.3 Å². The zero-order valence-corrected chi connectivity index (χ0v) is 16.9. The molecule has 0 unspecified atom stereocenters. The van der Waals surface area contributed by atoms with Crippen molar-refractivity contribution in [2.24, 2.45) is 0 Å². The van der Waals surface area contributed by atoms with E-state index in [9.17, 15) is 9.59 Å². The second-order valence-corrected chi connectivity index (χ2v) is 7.54. The van der Waals surface area contributed by atoms with Crippen LogP contribution in [0.15, 0.2) is 36.4 Å². The lowest BCUT2D eigenvalue weighted by Gasteiger charge is -2.22. The molecule has 2 aliphatic rings. The molecule has 0 bridgehead atoms. The predicted octanol–water partition coefficient (Wildman–Crippen LogP) is 3.48. The summed E-state index contributed by atoms with van der Waals surface area (Å²) in [6, 6.07) is 10.0. The van der Waals surface area contributed by atoms with Crippen LogP contribution < -0.4 is 19.5 Å². The molecule has 1 saturated heterocycles. The average Bonchev–Trinajstić information content (AvgIpc) is 2.88. The summed E-state index contributed by atoms with van der Waals surface area (Å²) in [4.78, 5) is 26.9. The van der Waals surface area contributed by atoms with Gasteiger partial charge in [-0.05, 0) is 42.3 Å². The molecule has 1 atom stereocenters. The van der Waals surface area contributed by atoms with Gasteiger partial charge in [0.05, 0.1) is 31.9 Å². The molecule has 29 heavy (non-hydrogen) atoms. The monoisotopic (exact) mass is 416 g/mol. The molecule has 0 aliphatic carbocycles. The Morgan fingerprint density at radius 3 is 2.62 bits per heavy atom. The lowest BCUT2D eigenvalue weighted by atomic mass is 9.92. The molecule has 1 fully saturated rings. The van der Waals surface area contributed by atoms with Crippen molar-refractivity contribution < 1.29 is 23.8 Å². The summed E-state index contributed by atoms with van der Waals surface area (Å²) >= 11 is 6.34. The number of amides is 3. The van der Waals surface area contributed by atoms with Gasteiger partial charge in [-0.15, -0.1) is 0 Å². The van der Waals surface area contributed by atoms with Crippen LogP contribution in [-0.4, -0.2) is 37.2 Å². The minimum Gasteiger partial charge on any atom is -0.497 e. The zero-order valence-electron chi connectivity index (χ0n) is 16.2. The van der Waals surface area contributed by atoms with Gasteiger partial charge in [0.2, 0.25) is 0 Å². The SMILES string of the molecule is COc1ccc([C@]2(C)NC(=O)N(Cc3cc(Cl)c4c(c3)OCCCO4)C2=O)cc1. The average molecular weight is 417 g/mol. The van der Waals surface area contributed by atoms with Gasteiger partial charge in [0, 0.05) is 6.42 Å². The van der Waals surface area contributed by atoms with Crippen LogP contribution >= 0.6 is 11.6 Å². The van der Waals surface area contributed by atoms with Crippen LogP contribution in [0.1, 0.15) is 24.5 Å². The maximum absolute atomic E-state index is 13.1. The fourth-order valence-corrected chi connectivity index (χ4v) is 3.81. The predicted molar refractivity (Wildman–Crippen MR) is 106 cm³/mol. The molecule has 3 amide bonds. The zero-order chi connectivity index (χ0) is 20.6. The van der Waals surface area contributed by atoms with Gasteiger partial charge in [-0.1, -0.05) is 23.7 Å². The standard InChI is InChI=1S/C21H21ClN2O5/c1-21(14-4-6-15(27-2)7-5-14)19(25)24(20(26)23-21)12-13-10-16(22)18-17(11-13)28-8-3-9-29-18/h4-7,10-11H,3,8-9,12H2,1-2H3,(H,23,26)/t21-/m0/s1. The van der Waals surface area contributed by atoms with Gasteiger partial charge in [0.15, 0.2) is 11.5 Å². The summed E-state index contributed by atoms with van der Waals surface area (Å²) in [5.74, 6) is 1.35. The van der Waals surface area contributed by atoms with E-state index in [1.54, 1.807) is 50.4 Å². The highest BCUT2D eigenvalue weighted by Gasteiger charge is 2.49. The Bertz CT molecular complexity index is 962. The lowest BCUT2D eigenvalue weighted by Crippen LogP contribution is -2.40. The van der Waals surface area contributed by atoms with Crippen LogP contribution in [0.2, 0.25) is 5.02 Å². The van der Waals surface area contributed by atoms with Gasteiger partial charge in [-0.25, -0.2) is 4.79 Å². The Kier molecular flexibility index (Phi) is 5.00. The summed E-state index contributed by atoms with van der Waals surface area (Å²) in [6.07, 6.45) is 0.758. The number of fused-ring (bicyclic) bond motifs is 1. The van der Waals surface area contributed by atoms with E-state index in [0.29, 0.717) is 46.6 Å². The van der Waals surface area contributed by atoms with E-state index in [-0.39, 0.29) is 12.5 Å². The number of rotatable bonds is 4. The molecular weight excluding hydrogens is 396 g/mol. The quantitative estimate of drug-likeness (QED) is 0.772. The third-order valence-corrected chi connectivity index (χ3v) is 5.43. The molecule has 2 aliphatic heterocycles. The van der Waals surface area contributed by atoms with E-state index in [1.807, 2.05) is 0 Å². The van der Waals surface area contributed by atoms with Crippen LogP contribution in [0.25, 0.3) is 0 Å². The normalized spacial score (nSPS) is 21.0. The number of ether oxygens (including phenoxy) is 3. The highest BCUT2D eigenvalue weighted by Crippen LogP contribution is 2.39. The maximum atomic E-state index is 13.1. The maximum Gasteiger partial charge on any atom is 0.325 e. The van der Waals surface area contributed by atoms with Crippen molar-refractivity contribution in [2.45, 2.75) is 25.4 Å². The number of nitrogens with zero attached hydrogens (tertiary/aromatic N) is 1. The summed E-state index contributed by atoms with van der Waals surface area (Å²) in [7, 11) is 1.57. The fourth-order valence-electron chi connectivity index (χ4n) is 3.52. The van der Waals surface area contributed by atoms with Gasteiger partial charge < -0.3 is 19.5 Å². The number of hydrogen-bond donors (Lipinski definition) is 1. The minimum absolute atomic E-state index is 0.0762. The Morgan fingerprint density at radius 2 is 1.90 bits per heavy atom. The van der Waals surface area contributed by atoms with Crippen molar-refractivity contribution in [3.8, 4) is 17.2 Å². The summed E-state index contributed by atoms with van der Waals surface area (Å²) in [5.41, 5.74) is 0.205. The van der Waals surface area contributed by atoms with Gasteiger partial charge in [0.25, 0.3) is 5.91 Å². The molecule has 0 radical (unpaired) electrons. The Hall–Kier alpha value is -2.93. The molecule has 152 valence electrons. The number of imide groups is 1. The molecule has 1 N–H and O–H groups in total. The third kappa shape index (κ3) is 3.46. The van der Waals surface area contributed by atoms with E-state index in [0.717, 1.165) is 6.42 Å². The molecule has 4 rings (SSSR count). The van der Waals surface area contributed by atoms with Crippen LogP contribution in [0.5, 0.6) is 17.2 Å². The molecule has 0 aromatic heterocycles. The Balaban J connectivity index is 1.60. The number of hydrogen-bond acceptors (Lipinski definition) is 5. The van der Waals surface area contributed by atoms with Crippen molar-refractivity contribution >= 4 is 23.5 Å². The van der Waals surface area contributed by atoms with E-state index >= 15 is 0 Å². The summed E-state index contributed by atoms with van der Waals surface area (Å²) in [5, 5.41) is 3.19. The summed E-state index contributed by atoms with van der Waals surface area (Å²) < 4.78 is 16.5. The second kappa shape index (κ2) is 7.48. The molecule has 0 spiro atoms. The van der Waals surface area contributed by atoms with E-state index < -0.39 is 11.6 Å². The van der Waals surface area contributed by atoms with E-state index in [2.05, 4.69) is 5.32 Å². The molecule has 7 nitrogen and oxygen atoms in total. The highest BCUT2D eigenvalue weighted by molar-refractivity contribution is 6.32. The van der Waals surface area contributed by atoms with Crippen molar-refractivity contribution in [1.82, 2.24) is 10.2 Å². The number of benzene rings is 2. The van der Waals surface area contributed by atoms with Crippen molar-refractivity contribution in [3.63, 3.8) is 0 Å². The molecular formula is C21H21ClN2O5. The second-order valence-electron chi connectivity index (χ2n) is 7.13. The van der Waals surface area contributed by atoms with Gasteiger partial charge in [-0.2, -0.15) is 0 Å². The molecule has 8 heteroatoms. The smallest absolute Gasteiger partial charge is 0.325 e. The van der Waals surface area contributed by atoms with Gasteiger partial charge in [0.1, 0.15) is 11.3 Å². The van der Waals surface area contributed by atoms with Crippen molar-refractivity contribution in [3.05, 3.63) is 52.5 Å². The number of nitrogens with one attached hydrogen (secondary N) is 1. The number of carbonyl (C=O) groups excluding carboxylic acids is 2. The number of halogens is 1. The van der Waals surface area contributed by atoms with Crippen LogP contribution in [0.3, 0.4) is 0 Å². The Morgan fingerprint density at radius 1 is 1.17 bits per heavy atom. The minimum atomic E-state index is -1.15. The fraction of sp³-hybridized carbons (Fsp3) is 0.333. The topological polar surface area (TPSA) is 77.1 Å². The highest BCUT2D eigenvalue weighted by atomic mass is 35.5. The van der Waals surface area contributed by atoms with Crippen molar-refractivity contribution in [1.29, 1.82) is 0 Å². The Labute approximate surface area is 173 Å². The van der Waals surface area contributed by atoms with Gasteiger partial charge in [-0.3, -0.25) is 9.69 Å². The first kappa shape index (κ1) is 19.4. The first-order chi connectivity index (χ1) is 13.9. The summed E-state index contributed by atoms with van der Waals surface area (Å²) in [6.45, 7) is 2.81. The largest absolute Gasteiger partial charge is 0.497 e. The number of methoxy groups -OCH3 is 1.